The molecule has 1 fully saturated rings. The van der Waals surface area contributed by atoms with Crippen molar-refractivity contribution < 1.29 is 9.50 Å². The van der Waals surface area contributed by atoms with Crippen molar-refractivity contribution in [3.63, 3.8) is 0 Å². The molecule has 0 amide bonds. The van der Waals surface area contributed by atoms with Crippen LogP contribution < -0.4 is 10.6 Å². The van der Waals surface area contributed by atoms with E-state index in [0.717, 1.165) is 24.9 Å². The fourth-order valence-electron chi connectivity index (χ4n) is 2.45. The highest BCUT2D eigenvalue weighted by atomic mass is 19.1. The molecule has 3 N–H and O–H groups in total. The van der Waals surface area contributed by atoms with Gasteiger partial charge in [0.15, 0.2) is 0 Å². The summed E-state index contributed by atoms with van der Waals surface area (Å²) in [4.78, 5) is 1.91. The Hall–Kier alpha value is -1.13. The van der Waals surface area contributed by atoms with Crippen molar-refractivity contribution in [2.75, 3.05) is 18.5 Å². The predicted octanol–water partition coefficient (Wildman–Crippen LogP) is 2.05. The topological polar surface area (TPSA) is 49.5 Å². The molecule has 18 heavy (non-hydrogen) atoms. The Morgan fingerprint density at radius 3 is 2.67 bits per heavy atom. The molecule has 0 unspecified atom stereocenters. The molecule has 100 valence electrons. The highest BCUT2D eigenvalue weighted by Gasteiger charge is 2.28. The highest BCUT2D eigenvalue weighted by Crippen LogP contribution is 2.30. The number of hydrogen-bond acceptors (Lipinski definition) is 3. The molecule has 0 saturated heterocycles. The van der Waals surface area contributed by atoms with Gasteiger partial charge in [0.2, 0.25) is 0 Å². The second-order valence-electron chi connectivity index (χ2n) is 5.37. The summed E-state index contributed by atoms with van der Waals surface area (Å²) in [6.07, 6.45) is 1.49. The van der Waals surface area contributed by atoms with Gasteiger partial charge in [-0.1, -0.05) is 6.07 Å². The summed E-state index contributed by atoms with van der Waals surface area (Å²) in [7, 11) is 1.88. The second kappa shape index (κ2) is 5.24. The molecule has 0 spiro atoms. The standard InChI is InChI=1S/C14H21FN2O/c1-9(16)11-3-4-14(13(15)7-11)17(2)8-10-5-12(18)6-10/h3-4,7,9-10,12,18H,5-6,8,16H2,1-2H3/t9-,10?,12?/m0/s1. The third-order valence-electron chi connectivity index (χ3n) is 3.65. The van der Waals surface area contributed by atoms with E-state index in [1.807, 2.05) is 24.9 Å². The lowest BCUT2D eigenvalue weighted by molar-refractivity contribution is 0.0464. The zero-order chi connectivity index (χ0) is 13.3. The van der Waals surface area contributed by atoms with Crippen LogP contribution in [-0.4, -0.2) is 24.8 Å². The van der Waals surface area contributed by atoms with E-state index >= 15 is 0 Å². The number of nitrogens with two attached hydrogens (primary N) is 1. The van der Waals surface area contributed by atoms with E-state index in [-0.39, 0.29) is 18.0 Å². The molecule has 0 bridgehead atoms. The minimum atomic E-state index is -0.229. The van der Waals surface area contributed by atoms with E-state index in [9.17, 15) is 9.50 Å². The molecule has 0 radical (unpaired) electrons. The molecule has 1 aliphatic carbocycles. The fourth-order valence-corrected chi connectivity index (χ4v) is 2.45. The smallest absolute Gasteiger partial charge is 0.146 e. The fraction of sp³-hybridized carbons (Fsp3) is 0.571. The van der Waals surface area contributed by atoms with Gasteiger partial charge in [-0.3, -0.25) is 0 Å². The van der Waals surface area contributed by atoms with Gasteiger partial charge in [0.1, 0.15) is 5.82 Å². The zero-order valence-electron chi connectivity index (χ0n) is 10.9. The molecule has 1 aliphatic rings. The van der Waals surface area contributed by atoms with Crippen molar-refractivity contribution in [2.24, 2.45) is 11.7 Å². The molecule has 2 rings (SSSR count). The summed E-state index contributed by atoms with van der Waals surface area (Å²) < 4.78 is 14.0. The molecule has 1 aromatic rings. The summed E-state index contributed by atoms with van der Waals surface area (Å²) in [5, 5.41) is 9.25. The van der Waals surface area contributed by atoms with Gasteiger partial charge in [-0.25, -0.2) is 4.39 Å². The maximum atomic E-state index is 14.0. The number of anilines is 1. The Kier molecular flexibility index (Phi) is 3.88. The minimum Gasteiger partial charge on any atom is -0.393 e. The summed E-state index contributed by atoms with van der Waals surface area (Å²) in [5.41, 5.74) is 7.13. The van der Waals surface area contributed by atoms with Gasteiger partial charge in [0.25, 0.3) is 0 Å². The summed E-state index contributed by atoms with van der Waals surface area (Å²) in [5.74, 6) is 0.240. The third-order valence-corrected chi connectivity index (χ3v) is 3.65. The number of halogens is 1. The maximum absolute atomic E-state index is 14.0. The lowest BCUT2D eigenvalue weighted by Gasteiger charge is -2.35. The number of aliphatic hydroxyl groups is 1. The average molecular weight is 252 g/mol. The van der Waals surface area contributed by atoms with E-state index in [1.165, 1.54) is 6.07 Å². The molecule has 0 aliphatic heterocycles. The summed E-state index contributed by atoms with van der Waals surface area (Å²) >= 11 is 0. The predicted molar refractivity (Wildman–Crippen MR) is 71.0 cm³/mol. The molecule has 1 atom stereocenters. The first kappa shape index (κ1) is 13.3. The highest BCUT2D eigenvalue weighted by molar-refractivity contribution is 5.49. The van der Waals surface area contributed by atoms with Crippen molar-refractivity contribution in [3.8, 4) is 0 Å². The van der Waals surface area contributed by atoms with E-state index in [4.69, 9.17) is 5.73 Å². The number of hydrogen-bond donors (Lipinski definition) is 2. The number of nitrogens with zero attached hydrogens (tertiary/aromatic N) is 1. The van der Waals surface area contributed by atoms with Crippen molar-refractivity contribution >= 4 is 5.69 Å². The van der Waals surface area contributed by atoms with Crippen molar-refractivity contribution in [3.05, 3.63) is 29.6 Å². The van der Waals surface area contributed by atoms with Gasteiger partial charge < -0.3 is 15.7 Å². The van der Waals surface area contributed by atoms with Crippen LogP contribution in [0.2, 0.25) is 0 Å². The van der Waals surface area contributed by atoms with Crippen LogP contribution in [0.1, 0.15) is 31.4 Å². The average Bonchev–Trinajstić information content (AvgIpc) is 2.26. The number of rotatable bonds is 4. The summed E-state index contributed by atoms with van der Waals surface area (Å²) in [6, 6.07) is 5.00. The number of aliphatic hydroxyl groups excluding tert-OH is 1. The first-order valence-corrected chi connectivity index (χ1v) is 6.41. The monoisotopic (exact) mass is 252 g/mol. The minimum absolute atomic E-state index is 0.152. The van der Waals surface area contributed by atoms with Gasteiger partial charge in [-0.05, 0) is 43.4 Å². The van der Waals surface area contributed by atoms with Crippen LogP contribution in [0.3, 0.4) is 0 Å². The van der Waals surface area contributed by atoms with Crippen molar-refractivity contribution in [2.45, 2.75) is 31.9 Å². The van der Waals surface area contributed by atoms with Crippen LogP contribution in [0.4, 0.5) is 10.1 Å². The van der Waals surface area contributed by atoms with Crippen LogP contribution in [0.25, 0.3) is 0 Å². The molecular formula is C14H21FN2O. The van der Waals surface area contributed by atoms with Gasteiger partial charge in [-0.15, -0.1) is 0 Å². The van der Waals surface area contributed by atoms with Crippen LogP contribution in [0.15, 0.2) is 18.2 Å². The first-order valence-electron chi connectivity index (χ1n) is 6.41. The zero-order valence-corrected chi connectivity index (χ0v) is 10.9. The van der Waals surface area contributed by atoms with E-state index in [0.29, 0.717) is 11.6 Å². The van der Waals surface area contributed by atoms with Gasteiger partial charge >= 0.3 is 0 Å². The maximum Gasteiger partial charge on any atom is 0.146 e. The SMILES string of the molecule is C[C@H](N)c1ccc(N(C)CC2CC(O)C2)c(F)c1. The Labute approximate surface area is 107 Å². The van der Waals surface area contributed by atoms with Crippen LogP contribution >= 0.6 is 0 Å². The molecule has 1 aromatic carbocycles. The first-order chi connectivity index (χ1) is 8.47. The molecule has 3 nitrogen and oxygen atoms in total. The molecule has 0 aromatic heterocycles. The molecule has 4 heteroatoms. The Morgan fingerprint density at radius 2 is 2.17 bits per heavy atom. The largest absolute Gasteiger partial charge is 0.393 e. The van der Waals surface area contributed by atoms with Crippen molar-refractivity contribution in [1.82, 2.24) is 0 Å². The third kappa shape index (κ3) is 2.82. The van der Waals surface area contributed by atoms with Crippen molar-refractivity contribution in [1.29, 1.82) is 0 Å². The lowest BCUT2D eigenvalue weighted by atomic mass is 9.82. The molecular weight excluding hydrogens is 231 g/mol. The quantitative estimate of drug-likeness (QED) is 0.862. The van der Waals surface area contributed by atoms with Gasteiger partial charge in [-0.2, -0.15) is 0 Å². The van der Waals surface area contributed by atoms with Crippen LogP contribution in [0, 0.1) is 11.7 Å². The van der Waals surface area contributed by atoms with E-state index in [2.05, 4.69) is 0 Å². The van der Waals surface area contributed by atoms with E-state index < -0.39 is 0 Å². The van der Waals surface area contributed by atoms with E-state index in [1.54, 1.807) is 6.07 Å². The van der Waals surface area contributed by atoms with Crippen LogP contribution in [0.5, 0.6) is 0 Å². The van der Waals surface area contributed by atoms with Crippen LogP contribution in [-0.2, 0) is 0 Å². The normalized spacial score (nSPS) is 24.5. The Balaban J connectivity index is 2.03. The molecule has 0 heterocycles. The molecule has 1 saturated carbocycles. The van der Waals surface area contributed by atoms with Gasteiger partial charge in [0.05, 0.1) is 11.8 Å². The Bertz CT molecular complexity index is 416. The second-order valence-corrected chi connectivity index (χ2v) is 5.37. The number of benzene rings is 1. The van der Waals surface area contributed by atoms with Gasteiger partial charge in [0, 0.05) is 19.6 Å². The lowest BCUT2D eigenvalue weighted by Crippen LogP contribution is -2.37. The Morgan fingerprint density at radius 1 is 1.50 bits per heavy atom. The summed E-state index contributed by atoms with van der Waals surface area (Å²) in [6.45, 7) is 2.62.